The number of hydrogen-bond acceptors (Lipinski definition) is 3. The summed E-state index contributed by atoms with van der Waals surface area (Å²) in [6.07, 6.45) is 2.58. The van der Waals surface area contributed by atoms with Crippen molar-refractivity contribution >= 4 is 18.5 Å². The Bertz CT molecular complexity index is 364. The van der Waals surface area contributed by atoms with E-state index in [0.717, 1.165) is 18.4 Å². The molecule has 0 fully saturated rings. The zero-order valence-corrected chi connectivity index (χ0v) is 12.5. The summed E-state index contributed by atoms with van der Waals surface area (Å²) in [6, 6.07) is 10.0. The highest BCUT2D eigenvalue weighted by Gasteiger charge is 2.18. The lowest BCUT2D eigenvalue weighted by atomic mass is 10.1. The number of hydrogen-bond donors (Lipinski definition) is 2. The van der Waals surface area contributed by atoms with Crippen molar-refractivity contribution < 1.29 is 9.53 Å². The molecule has 106 valence electrons. The number of methoxy groups -OCH3 is 1. The lowest BCUT2D eigenvalue weighted by molar-refractivity contribution is -0.121. The maximum Gasteiger partial charge on any atom is 0.233 e. The molecule has 0 radical (unpaired) electrons. The summed E-state index contributed by atoms with van der Waals surface area (Å²) < 4.78 is 5.12. The van der Waals surface area contributed by atoms with Crippen LogP contribution in [-0.4, -0.2) is 30.9 Å². The average molecular weight is 281 g/mol. The number of amides is 1. The fourth-order valence-electron chi connectivity index (χ4n) is 1.97. The van der Waals surface area contributed by atoms with Gasteiger partial charge in [0, 0.05) is 7.11 Å². The summed E-state index contributed by atoms with van der Waals surface area (Å²) in [5.74, 6) is -0.0253. The lowest BCUT2D eigenvalue weighted by Crippen LogP contribution is -2.42. The van der Waals surface area contributed by atoms with Crippen LogP contribution in [0.3, 0.4) is 0 Å². The molecule has 0 aromatic heterocycles. The molecule has 1 aromatic carbocycles. The lowest BCUT2D eigenvalue weighted by Gasteiger charge is -2.19. The molecular formula is C15H23NO2S. The van der Waals surface area contributed by atoms with Crippen LogP contribution >= 0.6 is 12.6 Å². The van der Waals surface area contributed by atoms with E-state index >= 15 is 0 Å². The number of ether oxygens (including phenoxy) is 1. The van der Waals surface area contributed by atoms with Gasteiger partial charge in [-0.3, -0.25) is 4.79 Å². The van der Waals surface area contributed by atoms with Gasteiger partial charge in [-0.15, -0.1) is 0 Å². The van der Waals surface area contributed by atoms with Crippen LogP contribution in [0.4, 0.5) is 0 Å². The van der Waals surface area contributed by atoms with Crippen LogP contribution in [0, 0.1) is 0 Å². The molecule has 0 heterocycles. The molecule has 0 aliphatic carbocycles. The number of carbonyl (C=O) groups is 1. The molecular weight excluding hydrogens is 258 g/mol. The molecule has 0 saturated carbocycles. The van der Waals surface area contributed by atoms with Gasteiger partial charge in [0.15, 0.2) is 0 Å². The molecule has 0 bridgehead atoms. The second-order valence-corrected chi connectivity index (χ2v) is 5.28. The van der Waals surface area contributed by atoms with Crippen molar-refractivity contribution in [3.8, 4) is 0 Å². The Hall–Kier alpha value is -1.00. The summed E-state index contributed by atoms with van der Waals surface area (Å²) >= 11 is 4.39. The van der Waals surface area contributed by atoms with Gasteiger partial charge in [-0.1, -0.05) is 43.7 Å². The van der Waals surface area contributed by atoms with E-state index in [-0.39, 0.29) is 17.2 Å². The van der Waals surface area contributed by atoms with Crippen molar-refractivity contribution in [1.82, 2.24) is 5.32 Å². The summed E-state index contributed by atoms with van der Waals surface area (Å²) in [5.41, 5.74) is 1.12. The fourth-order valence-corrected chi connectivity index (χ4v) is 2.26. The Morgan fingerprint density at radius 1 is 1.37 bits per heavy atom. The van der Waals surface area contributed by atoms with Gasteiger partial charge < -0.3 is 10.1 Å². The topological polar surface area (TPSA) is 38.3 Å². The van der Waals surface area contributed by atoms with E-state index in [1.54, 1.807) is 7.11 Å². The largest absolute Gasteiger partial charge is 0.383 e. The summed E-state index contributed by atoms with van der Waals surface area (Å²) in [4.78, 5) is 12.1. The maximum atomic E-state index is 12.1. The smallest absolute Gasteiger partial charge is 0.233 e. The molecule has 0 aliphatic rings. The third-order valence-electron chi connectivity index (χ3n) is 2.93. The number of benzene rings is 1. The number of nitrogens with one attached hydrogen (secondary N) is 1. The fraction of sp³-hybridized carbons (Fsp3) is 0.533. The quantitative estimate of drug-likeness (QED) is 0.718. The van der Waals surface area contributed by atoms with E-state index in [2.05, 4.69) is 24.9 Å². The highest BCUT2D eigenvalue weighted by molar-refractivity contribution is 7.81. The zero-order valence-electron chi connectivity index (χ0n) is 11.6. The van der Waals surface area contributed by atoms with E-state index < -0.39 is 0 Å². The molecule has 19 heavy (non-hydrogen) atoms. The minimum atomic E-state index is -0.321. The highest BCUT2D eigenvalue weighted by atomic mass is 32.1. The zero-order chi connectivity index (χ0) is 14.1. The van der Waals surface area contributed by atoms with Crippen molar-refractivity contribution in [1.29, 1.82) is 0 Å². The minimum absolute atomic E-state index is 0.0253. The first-order chi connectivity index (χ1) is 9.17. The van der Waals surface area contributed by atoms with Crippen LogP contribution in [0.2, 0.25) is 0 Å². The van der Waals surface area contributed by atoms with Gasteiger partial charge in [-0.2, -0.15) is 12.6 Å². The molecule has 1 N–H and O–H groups in total. The molecule has 1 amide bonds. The van der Waals surface area contributed by atoms with Gasteiger partial charge in [0.05, 0.1) is 17.9 Å². The Morgan fingerprint density at radius 2 is 2.05 bits per heavy atom. The van der Waals surface area contributed by atoms with Gasteiger partial charge in [-0.25, -0.2) is 0 Å². The van der Waals surface area contributed by atoms with Crippen LogP contribution in [-0.2, 0) is 16.0 Å². The van der Waals surface area contributed by atoms with Gasteiger partial charge in [0.2, 0.25) is 5.91 Å². The Balaban J connectivity index is 2.47. The van der Waals surface area contributed by atoms with Crippen LogP contribution in [0.15, 0.2) is 30.3 Å². The second-order valence-electron chi connectivity index (χ2n) is 4.66. The van der Waals surface area contributed by atoms with Crippen molar-refractivity contribution in [2.75, 3.05) is 13.7 Å². The molecule has 4 heteroatoms. The molecule has 0 aliphatic heterocycles. The Labute approximate surface area is 121 Å². The average Bonchev–Trinajstić information content (AvgIpc) is 2.40. The Morgan fingerprint density at radius 3 is 2.63 bits per heavy atom. The second kappa shape index (κ2) is 8.99. The van der Waals surface area contributed by atoms with Gasteiger partial charge in [0.1, 0.15) is 0 Å². The van der Waals surface area contributed by atoms with E-state index in [1.165, 1.54) is 0 Å². The monoisotopic (exact) mass is 281 g/mol. The molecule has 1 rings (SSSR count). The van der Waals surface area contributed by atoms with Crippen LogP contribution in [0.1, 0.15) is 25.3 Å². The predicted molar refractivity (Wildman–Crippen MR) is 81.6 cm³/mol. The molecule has 2 atom stereocenters. The Kier molecular flexibility index (Phi) is 7.60. The highest BCUT2D eigenvalue weighted by Crippen LogP contribution is 2.09. The van der Waals surface area contributed by atoms with Crippen LogP contribution in [0.5, 0.6) is 0 Å². The first-order valence-electron chi connectivity index (χ1n) is 6.68. The van der Waals surface area contributed by atoms with E-state index in [4.69, 9.17) is 4.74 Å². The molecule has 2 unspecified atom stereocenters. The molecule has 0 spiro atoms. The number of thiol groups is 1. The van der Waals surface area contributed by atoms with E-state index in [1.807, 2.05) is 30.3 Å². The molecule has 0 saturated heterocycles. The SMILES string of the molecule is CCCC(COC)NC(=O)C(S)Cc1ccccc1. The summed E-state index contributed by atoms with van der Waals surface area (Å²) in [7, 11) is 1.65. The minimum Gasteiger partial charge on any atom is -0.383 e. The third-order valence-corrected chi connectivity index (χ3v) is 3.34. The first kappa shape index (κ1) is 16.1. The van der Waals surface area contributed by atoms with Crippen LogP contribution < -0.4 is 5.32 Å². The summed E-state index contributed by atoms with van der Waals surface area (Å²) in [6.45, 7) is 2.64. The third kappa shape index (κ3) is 6.12. The van der Waals surface area contributed by atoms with Gasteiger partial charge >= 0.3 is 0 Å². The van der Waals surface area contributed by atoms with Crippen molar-refractivity contribution in [2.45, 2.75) is 37.5 Å². The van der Waals surface area contributed by atoms with Gasteiger partial charge in [0.25, 0.3) is 0 Å². The number of rotatable bonds is 8. The van der Waals surface area contributed by atoms with Gasteiger partial charge in [-0.05, 0) is 18.4 Å². The van der Waals surface area contributed by atoms with Crippen LogP contribution in [0.25, 0.3) is 0 Å². The normalized spacial score (nSPS) is 13.8. The standard InChI is InChI=1S/C15H23NO2S/c1-3-7-13(11-18-2)16-15(17)14(19)10-12-8-5-4-6-9-12/h4-6,8-9,13-14,19H,3,7,10-11H2,1-2H3,(H,16,17). The summed E-state index contributed by atoms with van der Waals surface area (Å²) in [5, 5.41) is 2.68. The first-order valence-corrected chi connectivity index (χ1v) is 7.20. The van der Waals surface area contributed by atoms with Crippen molar-refractivity contribution in [3.05, 3.63) is 35.9 Å². The van der Waals surface area contributed by atoms with E-state index in [9.17, 15) is 4.79 Å². The molecule has 1 aromatic rings. The van der Waals surface area contributed by atoms with E-state index in [0.29, 0.717) is 13.0 Å². The number of carbonyl (C=O) groups excluding carboxylic acids is 1. The maximum absolute atomic E-state index is 12.1. The van der Waals surface area contributed by atoms with Crippen molar-refractivity contribution in [3.63, 3.8) is 0 Å². The predicted octanol–water partition coefficient (Wildman–Crippen LogP) is 2.46. The van der Waals surface area contributed by atoms with Crippen molar-refractivity contribution in [2.24, 2.45) is 0 Å². The molecule has 3 nitrogen and oxygen atoms in total.